The van der Waals surface area contributed by atoms with Gasteiger partial charge in [-0.25, -0.2) is 4.68 Å². The fourth-order valence-electron chi connectivity index (χ4n) is 2.47. The first kappa shape index (κ1) is 12.1. The molecule has 0 saturated carbocycles. The number of ether oxygens (including phenoxy) is 1. The highest BCUT2D eigenvalue weighted by Crippen LogP contribution is 2.28. The molecular weight excluding hydrogens is 242 g/mol. The average Bonchev–Trinajstić information content (AvgIpc) is 2.99. The molecule has 3 rings (SSSR count). The molecule has 0 aliphatic carbocycles. The van der Waals surface area contributed by atoms with Gasteiger partial charge < -0.3 is 10.5 Å². The molecule has 2 heterocycles. The van der Waals surface area contributed by atoms with Crippen molar-refractivity contribution >= 4 is 5.69 Å². The van der Waals surface area contributed by atoms with E-state index in [0.29, 0.717) is 12.2 Å². The van der Waals surface area contributed by atoms with E-state index in [1.807, 2.05) is 24.3 Å². The molecule has 6 nitrogen and oxygen atoms in total. The van der Waals surface area contributed by atoms with Gasteiger partial charge in [0.2, 0.25) is 0 Å². The Balaban J connectivity index is 1.90. The standard InChI is InChI=1S/C13H17N5O/c1-13(6-3-7-19-13)9-18-12(15-16-17-18)10-4-2-5-11(14)8-10/h2,4-5,8H,3,6-7,9,14H2,1H3. The Hall–Kier alpha value is -1.95. The van der Waals surface area contributed by atoms with Crippen LogP contribution >= 0.6 is 0 Å². The molecule has 2 N–H and O–H groups in total. The van der Waals surface area contributed by atoms with Crippen LogP contribution in [0.3, 0.4) is 0 Å². The number of nitrogens with zero attached hydrogens (tertiary/aromatic N) is 4. The predicted octanol–water partition coefficient (Wildman–Crippen LogP) is 1.49. The lowest BCUT2D eigenvalue weighted by atomic mass is 10.0. The SMILES string of the molecule is CC1(Cn2nnnc2-c2cccc(N)c2)CCCO1. The van der Waals surface area contributed by atoms with Crippen molar-refractivity contribution < 1.29 is 4.74 Å². The molecule has 6 heteroatoms. The summed E-state index contributed by atoms with van der Waals surface area (Å²) in [4.78, 5) is 0. The van der Waals surface area contributed by atoms with Crippen molar-refractivity contribution in [2.45, 2.75) is 31.9 Å². The third-order valence-electron chi connectivity index (χ3n) is 3.46. The number of rotatable bonds is 3. The van der Waals surface area contributed by atoms with Gasteiger partial charge in [0, 0.05) is 17.9 Å². The first-order valence-corrected chi connectivity index (χ1v) is 6.42. The number of hydrogen-bond donors (Lipinski definition) is 1. The number of tetrazole rings is 1. The summed E-state index contributed by atoms with van der Waals surface area (Å²) in [6, 6.07) is 7.58. The summed E-state index contributed by atoms with van der Waals surface area (Å²) in [5.41, 5.74) is 7.25. The van der Waals surface area contributed by atoms with E-state index in [1.54, 1.807) is 4.68 Å². The van der Waals surface area contributed by atoms with E-state index in [4.69, 9.17) is 10.5 Å². The molecule has 1 saturated heterocycles. The van der Waals surface area contributed by atoms with Crippen LogP contribution in [0, 0.1) is 0 Å². The lowest BCUT2D eigenvalue weighted by Gasteiger charge is -2.22. The van der Waals surface area contributed by atoms with Crippen LogP contribution in [0.15, 0.2) is 24.3 Å². The normalized spacial score (nSPS) is 22.8. The average molecular weight is 259 g/mol. The van der Waals surface area contributed by atoms with Crippen LogP contribution in [0.4, 0.5) is 5.69 Å². The first-order valence-electron chi connectivity index (χ1n) is 6.42. The van der Waals surface area contributed by atoms with Gasteiger partial charge in [-0.2, -0.15) is 0 Å². The van der Waals surface area contributed by atoms with Crippen LogP contribution in [0.25, 0.3) is 11.4 Å². The van der Waals surface area contributed by atoms with Crippen LogP contribution in [-0.2, 0) is 11.3 Å². The third-order valence-corrected chi connectivity index (χ3v) is 3.46. The summed E-state index contributed by atoms with van der Waals surface area (Å²) < 4.78 is 7.58. The first-order chi connectivity index (χ1) is 9.16. The van der Waals surface area contributed by atoms with Gasteiger partial charge in [0.25, 0.3) is 0 Å². The topological polar surface area (TPSA) is 78.9 Å². The Morgan fingerprint density at radius 1 is 1.47 bits per heavy atom. The van der Waals surface area contributed by atoms with Crippen molar-refractivity contribution in [3.8, 4) is 11.4 Å². The molecule has 1 aliphatic heterocycles. The summed E-state index contributed by atoms with van der Waals surface area (Å²) in [5.74, 6) is 0.726. The highest BCUT2D eigenvalue weighted by Gasteiger charge is 2.31. The van der Waals surface area contributed by atoms with E-state index in [-0.39, 0.29) is 5.60 Å². The second kappa shape index (κ2) is 4.62. The van der Waals surface area contributed by atoms with Gasteiger partial charge in [0.05, 0.1) is 12.1 Å². The molecule has 1 aliphatic rings. The number of hydrogen-bond acceptors (Lipinski definition) is 5. The number of aromatic nitrogens is 4. The highest BCUT2D eigenvalue weighted by atomic mass is 16.5. The zero-order valence-electron chi connectivity index (χ0n) is 10.9. The zero-order valence-corrected chi connectivity index (χ0v) is 10.9. The minimum absolute atomic E-state index is 0.176. The Kier molecular flexibility index (Phi) is 2.94. The molecule has 1 aromatic carbocycles. The minimum Gasteiger partial charge on any atom is -0.399 e. The van der Waals surface area contributed by atoms with E-state index < -0.39 is 0 Å². The number of anilines is 1. The fourth-order valence-corrected chi connectivity index (χ4v) is 2.47. The molecule has 1 aromatic heterocycles. The molecule has 1 unspecified atom stereocenters. The number of benzene rings is 1. The lowest BCUT2D eigenvalue weighted by Crippen LogP contribution is -2.30. The van der Waals surface area contributed by atoms with Crippen molar-refractivity contribution in [1.82, 2.24) is 20.2 Å². The van der Waals surface area contributed by atoms with Gasteiger partial charge in [-0.3, -0.25) is 0 Å². The largest absolute Gasteiger partial charge is 0.399 e. The lowest BCUT2D eigenvalue weighted by molar-refractivity contribution is 0.00356. The van der Waals surface area contributed by atoms with Crippen LogP contribution < -0.4 is 5.73 Å². The molecule has 0 amide bonds. The van der Waals surface area contributed by atoms with Gasteiger partial charge in [0.1, 0.15) is 0 Å². The summed E-state index contributed by atoms with van der Waals surface area (Å²) in [6.45, 7) is 3.57. The Labute approximate surface area is 111 Å². The van der Waals surface area contributed by atoms with Crippen LogP contribution in [0.1, 0.15) is 19.8 Å². The van der Waals surface area contributed by atoms with Crippen LogP contribution in [0.2, 0.25) is 0 Å². The molecule has 0 bridgehead atoms. The van der Waals surface area contributed by atoms with E-state index >= 15 is 0 Å². The van der Waals surface area contributed by atoms with Gasteiger partial charge in [-0.05, 0) is 42.3 Å². The molecular formula is C13H17N5O. The van der Waals surface area contributed by atoms with Crippen molar-refractivity contribution in [2.24, 2.45) is 0 Å². The smallest absolute Gasteiger partial charge is 0.182 e. The maximum absolute atomic E-state index is 5.80. The van der Waals surface area contributed by atoms with E-state index in [2.05, 4.69) is 22.4 Å². The molecule has 1 atom stereocenters. The highest BCUT2D eigenvalue weighted by molar-refractivity contribution is 5.60. The maximum Gasteiger partial charge on any atom is 0.182 e. The van der Waals surface area contributed by atoms with Crippen LogP contribution in [-0.4, -0.2) is 32.4 Å². The van der Waals surface area contributed by atoms with Crippen molar-refractivity contribution in [3.63, 3.8) is 0 Å². The minimum atomic E-state index is -0.176. The second-order valence-corrected chi connectivity index (χ2v) is 5.19. The van der Waals surface area contributed by atoms with E-state index in [1.165, 1.54) is 0 Å². The summed E-state index contributed by atoms with van der Waals surface area (Å²) in [6.07, 6.45) is 2.12. The molecule has 1 fully saturated rings. The molecule has 100 valence electrons. The molecule has 2 aromatic rings. The Morgan fingerprint density at radius 2 is 2.37 bits per heavy atom. The summed E-state index contributed by atoms with van der Waals surface area (Å²) >= 11 is 0. The number of nitrogens with two attached hydrogens (primary N) is 1. The maximum atomic E-state index is 5.80. The molecule has 19 heavy (non-hydrogen) atoms. The van der Waals surface area contributed by atoms with Crippen molar-refractivity contribution in [3.05, 3.63) is 24.3 Å². The summed E-state index contributed by atoms with van der Waals surface area (Å²) in [7, 11) is 0. The zero-order chi connectivity index (χ0) is 13.3. The number of nitrogen functional groups attached to an aromatic ring is 1. The van der Waals surface area contributed by atoms with Gasteiger partial charge in [-0.1, -0.05) is 12.1 Å². The van der Waals surface area contributed by atoms with Crippen molar-refractivity contribution in [1.29, 1.82) is 0 Å². The third kappa shape index (κ3) is 2.44. The van der Waals surface area contributed by atoms with Gasteiger partial charge in [0.15, 0.2) is 5.82 Å². The van der Waals surface area contributed by atoms with Crippen molar-refractivity contribution in [2.75, 3.05) is 12.3 Å². The van der Waals surface area contributed by atoms with E-state index in [9.17, 15) is 0 Å². The second-order valence-electron chi connectivity index (χ2n) is 5.19. The molecule has 0 spiro atoms. The molecule has 0 radical (unpaired) electrons. The fraction of sp³-hybridized carbons (Fsp3) is 0.462. The van der Waals surface area contributed by atoms with Gasteiger partial charge in [-0.15, -0.1) is 5.10 Å². The Morgan fingerprint density at radius 3 is 3.11 bits per heavy atom. The quantitative estimate of drug-likeness (QED) is 0.845. The Bertz CT molecular complexity index is 574. The predicted molar refractivity (Wildman–Crippen MR) is 71.3 cm³/mol. The summed E-state index contributed by atoms with van der Waals surface area (Å²) in [5, 5.41) is 11.9. The van der Waals surface area contributed by atoms with Crippen LogP contribution in [0.5, 0.6) is 0 Å². The van der Waals surface area contributed by atoms with Gasteiger partial charge >= 0.3 is 0 Å². The van der Waals surface area contributed by atoms with E-state index in [0.717, 1.165) is 30.8 Å². The monoisotopic (exact) mass is 259 g/mol.